The third-order valence-electron chi connectivity index (χ3n) is 5.03. The van der Waals surface area contributed by atoms with Crippen LogP contribution < -0.4 is 5.32 Å². The van der Waals surface area contributed by atoms with E-state index in [0.29, 0.717) is 18.5 Å². The van der Waals surface area contributed by atoms with Crippen molar-refractivity contribution in [1.29, 1.82) is 0 Å². The molecule has 0 radical (unpaired) electrons. The fourth-order valence-corrected chi connectivity index (χ4v) is 3.76. The maximum absolute atomic E-state index is 12.0. The fraction of sp³-hybridized carbons (Fsp3) is 0.941. The van der Waals surface area contributed by atoms with Gasteiger partial charge in [-0.3, -0.25) is 14.6 Å². The monoisotopic (exact) mass is 311 g/mol. The van der Waals surface area contributed by atoms with Crippen molar-refractivity contribution in [2.45, 2.75) is 70.6 Å². The number of amides is 1. The predicted molar refractivity (Wildman–Crippen MR) is 88.8 cm³/mol. The molecule has 1 heterocycles. The number of nitrogens with one attached hydrogen (secondary N) is 1. The summed E-state index contributed by atoms with van der Waals surface area (Å²) in [4.78, 5) is 16.8. The van der Waals surface area contributed by atoms with E-state index in [2.05, 4.69) is 22.0 Å². The number of carbonyl (C=O) groups excluding carboxylic acids is 1. The first-order chi connectivity index (χ1) is 10.6. The van der Waals surface area contributed by atoms with Crippen molar-refractivity contribution < 1.29 is 9.90 Å². The van der Waals surface area contributed by atoms with Crippen LogP contribution in [0.2, 0.25) is 0 Å². The number of rotatable bonds is 7. The van der Waals surface area contributed by atoms with E-state index in [1.807, 2.05) is 6.92 Å². The van der Waals surface area contributed by atoms with Crippen molar-refractivity contribution in [3.05, 3.63) is 0 Å². The van der Waals surface area contributed by atoms with Crippen molar-refractivity contribution in [3.63, 3.8) is 0 Å². The molecule has 0 unspecified atom stereocenters. The van der Waals surface area contributed by atoms with Gasteiger partial charge >= 0.3 is 0 Å². The molecular weight excluding hydrogens is 278 g/mol. The van der Waals surface area contributed by atoms with Crippen LogP contribution in [0.4, 0.5) is 0 Å². The maximum Gasteiger partial charge on any atom is 0.221 e. The Morgan fingerprint density at radius 3 is 2.68 bits per heavy atom. The van der Waals surface area contributed by atoms with Crippen LogP contribution in [0, 0.1) is 0 Å². The van der Waals surface area contributed by atoms with Crippen LogP contribution in [0.1, 0.15) is 52.4 Å². The van der Waals surface area contributed by atoms with Crippen molar-refractivity contribution in [2.75, 3.05) is 32.7 Å². The average Bonchev–Trinajstić information content (AvgIpc) is 2.98. The van der Waals surface area contributed by atoms with Gasteiger partial charge in [0.05, 0.1) is 6.10 Å². The number of hydrogen-bond donors (Lipinski definition) is 2. The summed E-state index contributed by atoms with van der Waals surface area (Å²) in [5, 5.41) is 12.8. The van der Waals surface area contributed by atoms with Gasteiger partial charge in [-0.1, -0.05) is 19.8 Å². The van der Waals surface area contributed by atoms with Gasteiger partial charge in [0.15, 0.2) is 0 Å². The molecule has 0 spiro atoms. The molecule has 1 saturated carbocycles. The first kappa shape index (κ1) is 17.7. The second kappa shape index (κ2) is 8.85. The van der Waals surface area contributed by atoms with Crippen LogP contribution in [-0.4, -0.2) is 71.7 Å². The number of carbonyl (C=O) groups is 1. The van der Waals surface area contributed by atoms with Gasteiger partial charge in [0.25, 0.3) is 0 Å². The normalized spacial score (nSPS) is 26.2. The molecule has 2 fully saturated rings. The lowest BCUT2D eigenvalue weighted by Crippen LogP contribution is -2.54. The lowest BCUT2D eigenvalue weighted by molar-refractivity contribution is -0.122. The molecule has 1 aliphatic heterocycles. The minimum absolute atomic E-state index is 0.214. The Morgan fingerprint density at radius 2 is 2.05 bits per heavy atom. The summed E-state index contributed by atoms with van der Waals surface area (Å²) in [6.07, 6.45) is 6.27. The van der Waals surface area contributed by atoms with Gasteiger partial charge in [-0.2, -0.15) is 0 Å². The first-order valence-electron chi connectivity index (χ1n) is 9.02. The van der Waals surface area contributed by atoms with E-state index >= 15 is 0 Å². The fourth-order valence-electron chi connectivity index (χ4n) is 3.76. The van der Waals surface area contributed by atoms with Gasteiger partial charge in [-0.05, 0) is 26.2 Å². The Kier molecular flexibility index (Phi) is 7.12. The third kappa shape index (κ3) is 5.52. The van der Waals surface area contributed by atoms with Gasteiger partial charge in [-0.25, -0.2) is 0 Å². The van der Waals surface area contributed by atoms with Crippen LogP contribution in [0.25, 0.3) is 0 Å². The van der Waals surface area contributed by atoms with E-state index in [1.165, 1.54) is 12.8 Å². The molecule has 2 N–H and O–H groups in total. The Hall–Kier alpha value is -0.650. The highest BCUT2D eigenvalue weighted by Gasteiger charge is 2.26. The Labute approximate surface area is 135 Å². The summed E-state index contributed by atoms with van der Waals surface area (Å²) >= 11 is 0. The number of piperazine rings is 1. The number of hydrogen-bond acceptors (Lipinski definition) is 4. The molecule has 2 aliphatic rings. The average molecular weight is 311 g/mol. The molecule has 2 rings (SSSR count). The van der Waals surface area contributed by atoms with Gasteiger partial charge in [0, 0.05) is 51.2 Å². The second-order valence-electron chi connectivity index (χ2n) is 7.01. The summed E-state index contributed by atoms with van der Waals surface area (Å²) < 4.78 is 0. The largest absolute Gasteiger partial charge is 0.392 e. The van der Waals surface area contributed by atoms with Crippen LogP contribution in [0.15, 0.2) is 0 Å². The molecule has 1 saturated heterocycles. The minimum atomic E-state index is -0.266. The topological polar surface area (TPSA) is 55.8 Å². The summed E-state index contributed by atoms with van der Waals surface area (Å²) in [6, 6.07) is 0.931. The lowest BCUT2D eigenvalue weighted by Gasteiger charge is -2.41. The summed E-state index contributed by atoms with van der Waals surface area (Å²) in [5.74, 6) is 0.214. The molecule has 0 aromatic rings. The quantitative estimate of drug-likeness (QED) is 0.742. The number of aliphatic hydroxyl groups is 1. The Bertz CT molecular complexity index is 343. The van der Waals surface area contributed by atoms with E-state index in [-0.39, 0.29) is 12.0 Å². The molecule has 2 atom stereocenters. The van der Waals surface area contributed by atoms with Crippen LogP contribution in [-0.2, 0) is 4.79 Å². The van der Waals surface area contributed by atoms with Gasteiger partial charge in [0.1, 0.15) is 0 Å². The van der Waals surface area contributed by atoms with Crippen molar-refractivity contribution >= 4 is 5.91 Å². The highest BCUT2D eigenvalue weighted by molar-refractivity contribution is 5.76. The molecule has 5 heteroatoms. The van der Waals surface area contributed by atoms with Crippen LogP contribution in [0.3, 0.4) is 0 Å². The molecule has 0 aromatic heterocycles. The molecule has 128 valence electrons. The van der Waals surface area contributed by atoms with Crippen molar-refractivity contribution in [3.8, 4) is 0 Å². The van der Waals surface area contributed by atoms with Crippen LogP contribution in [0.5, 0.6) is 0 Å². The van der Waals surface area contributed by atoms with E-state index < -0.39 is 0 Å². The molecule has 0 bridgehead atoms. The van der Waals surface area contributed by atoms with Gasteiger partial charge < -0.3 is 10.4 Å². The second-order valence-corrected chi connectivity index (χ2v) is 7.01. The van der Waals surface area contributed by atoms with E-state index in [0.717, 1.165) is 52.0 Å². The zero-order valence-corrected chi connectivity index (χ0v) is 14.3. The summed E-state index contributed by atoms with van der Waals surface area (Å²) in [5.41, 5.74) is 0. The van der Waals surface area contributed by atoms with Gasteiger partial charge in [0.2, 0.25) is 5.91 Å². The zero-order valence-electron chi connectivity index (χ0n) is 14.3. The van der Waals surface area contributed by atoms with E-state index in [1.54, 1.807) is 0 Å². The number of aliphatic hydroxyl groups excluding tert-OH is 1. The van der Waals surface area contributed by atoms with E-state index in [4.69, 9.17) is 0 Å². The van der Waals surface area contributed by atoms with Crippen molar-refractivity contribution in [1.82, 2.24) is 15.1 Å². The number of β-amino-alcohol motifs (C(OH)–C–C–N with tert-alkyl or cyclic N) is 1. The Morgan fingerprint density at radius 1 is 1.32 bits per heavy atom. The minimum Gasteiger partial charge on any atom is -0.392 e. The summed E-state index contributed by atoms with van der Waals surface area (Å²) in [7, 11) is 0. The Balaban J connectivity index is 1.69. The molecule has 1 amide bonds. The summed E-state index contributed by atoms with van der Waals surface area (Å²) in [6.45, 7) is 8.68. The number of nitrogens with zero attached hydrogens (tertiary/aromatic N) is 2. The lowest BCUT2D eigenvalue weighted by atomic mass is 10.1. The highest BCUT2D eigenvalue weighted by atomic mass is 16.3. The SMILES string of the molecule is CC[C@H]1CN(CCC(=O)NC2CCCC2)CCN1C[C@H](C)O. The molecule has 1 aliphatic carbocycles. The standard InChI is InChI=1S/C17H33N3O2/c1-3-16-13-19(10-11-20(16)12-14(2)21)9-8-17(22)18-15-6-4-5-7-15/h14-16,21H,3-13H2,1-2H3,(H,18,22)/t14-,16-/m0/s1. The maximum atomic E-state index is 12.0. The predicted octanol–water partition coefficient (Wildman–Crippen LogP) is 1.21. The zero-order chi connectivity index (χ0) is 15.9. The van der Waals surface area contributed by atoms with Crippen molar-refractivity contribution in [2.24, 2.45) is 0 Å². The van der Waals surface area contributed by atoms with Crippen LogP contribution >= 0.6 is 0 Å². The molecular formula is C17H33N3O2. The molecule has 22 heavy (non-hydrogen) atoms. The van der Waals surface area contributed by atoms with Gasteiger partial charge in [-0.15, -0.1) is 0 Å². The molecule has 5 nitrogen and oxygen atoms in total. The third-order valence-corrected chi connectivity index (χ3v) is 5.03. The van der Waals surface area contributed by atoms with E-state index in [9.17, 15) is 9.90 Å². The first-order valence-corrected chi connectivity index (χ1v) is 9.02. The smallest absolute Gasteiger partial charge is 0.221 e. The highest BCUT2D eigenvalue weighted by Crippen LogP contribution is 2.18. The molecule has 0 aromatic carbocycles.